The summed E-state index contributed by atoms with van der Waals surface area (Å²) in [5, 5.41) is 0. The fourth-order valence-electron chi connectivity index (χ4n) is 1.54. The van der Waals surface area contributed by atoms with Crippen LogP contribution < -0.4 is 10.5 Å². The summed E-state index contributed by atoms with van der Waals surface area (Å²) in [6, 6.07) is 7.50. The minimum absolute atomic E-state index is 0.141. The Morgan fingerprint density at radius 2 is 1.88 bits per heavy atom. The molecular formula is C12H20N2O2S. The van der Waals surface area contributed by atoms with E-state index in [4.69, 9.17) is 5.73 Å². The molecule has 0 heterocycles. The number of nitrogens with two attached hydrogens (primary N) is 1. The largest absolute Gasteiger partial charge is 0.399 e. The summed E-state index contributed by atoms with van der Waals surface area (Å²) in [6.45, 7) is 4.26. The minimum atomic E-state index is -3.12. The zero-order valence-corrected chi connectivity index (χ0v) is 11.1. The van der Waals surface area contributed by atoms with E-state index in [0.29, 0.717) is 18.7 Å². The van der Waals surface area contributed by atoms with Gasteiger partial charge in [0.1, 0.15) is 0 Å². The first-order chi connectivity index (χ1) is 7.94. The average Bonchev–Trinajstić information content (AvgIpc) is 2.27. The SMILES string of the molecule is CCCS(=O)(=O)NC[C@H](C)c1ccc(N)cc1. The van der Waals surface area contributed by atoms with Gasteiger partial charge in [0, 0.05) is 12.2 Å². The predicted octanol–water partition coefficient (Wildman–Crippen LogP) is 1.70. The lowest BCUT2D eigenvalue weighted by Crippen LogP contribution is -2.29. The Balaban J connectivity index is 2.55. The molecule has 0 saturated heterocycles. The molecule has 0 aromatic heterocycles. The summed E-state index contributed by atoms with van der Waals surface area (Å²) in [5.41, 5.74) is 7.40. The van der Waals surface area contributed by atoms with Gasteiger partial charge in [-0.15, -0.1) is 0 Å². The molecule has 96 valence electrons. The number of sulfonamides is 1. The van der Waals surface area contributed by atoms with E-state index in [1.807, 2.05) is 38.1 Å². The smallest absolute Gasteiger partial charge is 0.211 e. The third-order valence-electron chi connectivity index (χ3n) is 2.59. The van der Waals surface area contributed by atoms with Gasteiger partial charge >= 0.3 is 0 Å². The summed E-state index contributed by atoms with van der Waals surface area (Å²) in [5.74, 6) is 0.323. The first kappa shape index (κ1) is 14.0. The van der Waals surface area contributed by atoms with Crippen LogP contribution in [-0.2, 0) is 10.0 Å². The number of nitrogens with one attached hydrogen (secondary N) is 1. The van der Waals surface area contributed by atoms with Crippen LogP contribution in [0.4, 0.5) is 5.69 Å². The van der Waals surface area contributed by atoms with E-state index in [0.717, 1.165) is 5.56 Å². The molecule has 1 aromatic carbocycles. The van der Waals surface area contributed by atoms with Crippen LogP contribution in [0.2, 0.25) is 0 Å². The summed E-state index contributed by atoms with van der Waals surface area (Å²) >= 11 is 0. The fraction of sp³-hybridized carbons (Fsp3) is 0.500. The van der Waals surface area contributed by atoms with Crippen LogP contribution in [0.25, 0.3) is 0 Å². The Labute approximate surface area is 103 Å². The van der Waals surface area contributed by atoms with Crippen molar-refractivity contribution >= 4 is 15.7 Å². The van der Waals surface area contributed by atoms with Crippen LogP contribution >= 0.6 is 0 Å². The monoisotopic (exact) mass is 256 g/mol. The van der Waals surface area contributed by atoms with E-state index >= 15 is 0 Å². The molecular weight excluding hydrogens is 236 g/mol. The van der Waals surface area contributed by atoms with Gasteiger partial charge in [-0.05, 0) is 30.0 Å². The second kappa shape index (κ2) is 6.02. The Morgan fingerprint density at radius 1 is 1.29 bits per heavy atom. The number of nitrogen functional groups attached to an aromatic ring is 1. The molecule has 17 heavy (non-hydrogen) atoms. The summed E-state index contributed by atoms with van der Waals surface area (Å²) in [6.07, 6.45) is 0.631. The first-order valence-electron chi connectivity index (χ1n) is 5.77. The van der Waals surface area contributed by atoms with Gasteiger partial charge in [-0.3, -0.25) is 0 Å². The van der Waals surface area contributed by atoms with Crippen molar-refractivity contribution in [3.63, 3.8) is 0 Å². The zero-order chi connectivity index (χ0) is 12.9. The molecule has 0 spiro atoms. The van der Waals surface area contributed by atoms with Crippen molar-refractivity contribution in [2.24, 2.45) is 0 Å². The molecule has 1 aromatic rings. The Morgan fingerprint density at radius 3 is 2.41 bits per heavy atom. The molecule has 3 N–H and O–H groups in total. The van der Waals surface area contributed by atoms with Gasteiger partial charge in [0.2, 0.25) is 10.0 Å². The third-order valence-corrected chi connectivity index (χ3v) is 4.14. The maximum atomic E-state index is 11.5. The average molecular weight is 256 g/mol. The van der Waals surface area contributed by atoms with Crippen LogP contribution in [0.15, 0.2) is 24.3 Å². The van der Waals surface area contributed by atoms with Gasteiger partial charge in [0.05, 0.1) is 5.75 Å². The van der Waals surface area contributed by atoms with Gasteiger partial charge in [-0.25, -0.2) is 13.1 Å². The van der Waals surface area contributed by atoms with Crippen LogP contribution in [-0.4, -0.2) is 20.7 Å². The summed E-state index contributed by atoms with van der Waals surface area (Å²) < 4.78 is 25.6. The molecule has 0 aliphatic carbocycles. The standard InChI is InChI=1S/C12H20N2O2S/c1-3-8-17(15,16)14-9-10(2)11-4-6-12(13)7-5-11/h4-7,10,14H,3,8-9,13H2,1-2H3/t10-/m0/s1. The normalized spacial score (nSPS) is 13.5. The van der Waals surface area contributed by atoms with Gasteiger partial charge in [0.25, 0.3) is 0 Å². The van der Waals surface area contributed by atoms with Crippen molar-refractivity contribution in [2.75, 3.05) is 18.0 Å². The number of benzene rings is 1. The quantitative estimate of drug-likeness (QED) is 0.761. The van der Waals surface area contributed by atoms with Gasteiger partial charge in [-0.1, -0.05) is 26.0 Å². The van der Waals surface area contributed by atoms with Crippen LogP contribution in [0.5, 0.6) is 0 Å². The van der Waals surface area contributed by atoms with Gasteiger partial charge in [0.15, 0.2) is 0 Å². The van der Waals surface area contributed by atoms with Gasteiger partial charge in [-0.2, -0.15) is 0 Å². The van der Waals surface area contributed by atoms with E-state index < -0.39 is 10.0 Å². The van der Waals surface area contributed by atoms with Crippen molar-refractivity contribution in [3.8, 4) is 0 Å². The van der Waals surface area contributed by atoms with Crippen LogP contribution in [0, 0.1) is 0 Å². The number of anilines is 1. The minimum Gasteiger partial charge on any atom is -0.399 e. The molecule has 0 amide bonds. The maximum Gasteiger partial charge on any atom is 0.211 e. The highest BCUT2D eigenvalue weighted by atomic mass is 32.2. The molecule has 0 bridgehead atoms. The number of rotatable bonds is 6. The van der Waals surface area contributed by atoms with Crippen molar-refractivity contribution in [2.45, 2.75) is 26.2 Å². The van der Waals surface area contributed by atoms with Crippen molar-refractivity contribution < 1.29 is 8.42 Å². The Kier molecular flexibility index (Phi) is 4.96. The lowest BCUT2D eigenvalue weighted by molar-refractivity contribution is 0.573. The van der Waals surface area contributed by atoms with E-state index in [-0.39, 0.29) is 11.7 Å². The van der Waals surface area contributed by atoms with Crippen LogP contribution in [0.3, 0.4) is 0 Å². The van der Waals surface area contributed by atoms with E-state index in [2.05, 4.69) is 4.72 Å². The molecule has 0 fully saturated rings. The highest BCUT2D eigenvalue weighted by Crippen LogP contribution is 2.16. The van der Waals surface area contributed by atoms with Gasteiger partial charge < -0.3 is 5.73 Å². The van der Waals surface area contributed by atoms with E-state index in [1.165, 1.54) is 0 Å². The van der Waals surface area contributed by atoms with E-state index in [1.54, 1.807) is 0 Å². The first-order valence-corrected chi connectivity index (χ1v) is 7.42. The zero-order valence-electron chi connectivity index (χ0n) is 10.3. The molecule has 1 rings (SSSR count). The fourth-order valence-corrected chi connectivity index (χ4v) is 2.72. The molecule has 0 saturated carbocycles. The maximum absolute atomic E-state index is 11.5. The molecule has 0 radical (unpaired) electrons. The predicted molar refractivity (Wildman–Crippen MR) is 71.3 cm³/mol. The second-order valence-electron chi connectivity index (χ2n) is 4.24. The summed E-state index contributed by atoms with van der Waals surface area (Å²) in [4.78, 5) is 0. The molecule has 0 aliphatic rings. The molecule has 5 heteroatoms. The number of hydrogen-bond acceptors (Lipinski definition) is 3. The van der Waals surface area contributed by atoms with Crippen LogP contribution in [0.1, 0.15) is 31.7 Å². The topological polar surface area (TPSA) is 72.2 Å². The summed E-state index contributed by atoms with van der Waals surface area (Å²) in [7, 11) is -3.12. The lowest BCUT2D eigenvalue weighted by atomic mass is 10.0. The van der Waals surface area contributed by atoms with E-state index in [9.17, 15) is 8.42 Å². The molecule has 0 unspecified atom stereocenters. The molecule has 0 aliphatic heterocycles. The molecule has 1 atom stereocenters. The number of hydrogen-bond donors (Lipinski definition) is 2. The highest BCUT2D eigenvalue weighted by molar-refractivity contribution is 7.89. The third kappa shape index (κ3) is 4.75. The second-order valence-corrected chi connectivity index (χ2v) is 6.16. The van der Waals surface area contributed by atoms with Crippen molar-refractivity contribution in [3.05, 3.63) is 29.8 Å². The molecule has 4 nitrogen and oxygen atoms in total. The Bertz CT molecular complexity index is 440. The highest BCUT2D eigenvalue weighted by Gasteiger charge is 2.11. The lowest BCUT2D eigenvalue weighted by Gasteiger charge is -2.13. The van der Waals surface area contributed by atoms with Crippen molar-refractivity contribution in [1.82, 2.24) is 4.72 Å². The Hall–Kier alpha value is -1.07. The van der Waals surface area contributed by atoms with Crippen molar-refractivity contribution in [1.29, 1.82) is 0 Å².